The Balaban J connectivity index is 1.84. The first-order chi connectivity index (χ1) is 17.2. The molecule has 1 aliphatic carbocycles. The van der Waals surface area contributed by atoms with Gasteiger partial charge in [0, 0.05) is 17.8 Å². The second-order valence-corrected chi connectivity index (χ2v) is 10.6. The molecule has 36 heavy (non-hydrogen) atoms. The molecule has 2 atom stereocenters. The number of ether oxygens (including phenoxy) is 1. The molecule has 0 bridgehead atoms. The first-order valence-electron chi connectivity index (χ1n) is 13.5. The summed E-state index contributed by atoms with van der Waals surface area (Å²) < 4.78 is 5.90. The van der Waals surface area contributed by atoms with Crippen LogP contribution < -0.4 is 4.74 Å². The van der Waals surface area contributed by atoms with Crippen LogP contribution in [0.4, 0.5) is 0 Å². The van der Waals surface area contributed by atoms with Gasteiger partial charge in [-0.15, -0.1) is 0 Å². The van der Waals surface area contributed by atoms with Gasteiger partial charge in [0.15, 0.2) is 5.78 Å². The van der Waals surface area contributed by atoms with E-state index in [9.17, 15) is 14.4 Å². The smallest absolute Gasteiger partial charge is 0.163 e. The normalized spacial score (nSPS) is 16.0. The van der Waals surface area contributed by atoms with Gasteiger partial charge in [-0.1, -0.05) is 56.2 Å². The zero-order chi connectivity index (χ0) is 26.3. The first-order valence-corrected chi connectivity index (χ1v) is 13.5. The highest BCUT2D eigenvalue weighted by atomic mass is 16.5. The molecule has 1 saturated carbocycles. The van der Waals surface area contributed by atoms with Gasteiger partial charge in [0.1, 0.15) is 17.3 Å². The minimum atomic E-state index is -0.455. The molecule has 0 spiro atoms. The predicted molar refractivity (Wildman–Crippen MR) is 145 cm³/mol. The number of rotatable bonds is 14. The molecule has 2 aromatic rings. The van der Waals surface area contributed by atoms with E-state index in [-0.39, 0.29) is 29.2 Å². The summed E-state index contributed by atoms with van der Waals surface area (Å²) in [6, 6.07) is 14.3. The third-order valence-corrected chi connectivity index (χ3v) is 8.27. The Morgan fingerprint density at radius 3 is 2.25 bits per heavy atom. The summed E-state index contributed by atoms with van der Waals surface area (Å²) in [7, 11) is 0. The minimum Gasteiger partial charge on any atom is -0.493 e. The van der Waals surface area contributed by atoms with Crippen LogP contribution in [0.2, 0.25) is 0 Å². The van der Waals surface area contributed by atoms with E-state index in [0.29, 0.717) is 24.3 Å². The fourth-order valence-corrected chi connectivity index (χ4v) is 5.77. The van der Waals surface area contributed by atoms with Crippen molar-refractivity contribution in [1.82, 2.24) is 0 Å². The number of hydrogen-bond acceptors (Lipinski definition) is 4. The first kappa shape index (κ1) is 27.8. The third kappa shape index (κ3) is 6.32. The number of carbonyl (C=O) groups is 3. The summed E-state index contributed by atoms with van der Waals surface area (Å²) >= 11 is 0. The molecule has 0 N–H and O–H groups in total. The molecular formula is C32H42O4. The van der Waals surface area contributed by atoms with E-state index in [1.165, 1.54) is 5.56 Å². The van der Waals surface area contributed by atoms with Crippen LogP contribution in [-0.2, 0) is 16.0 Å². The largest absolute Gasteiger partial charge is 0.493 e. The van der Waals surface area contributed by atoms with E-state index < -0.39 is 5.41 Å². The van der Waals surface area contributed by atoms with Crippen LogP contribution in [-0.4, -0.2) is 24.0 Å². The van der Waals surface area contributed by atoms with Gasteiger partial charge in [0.2, 0.25) is 0 Å². The maximum absolute atomic E-state index is 13.8. The van der Waals surface area contributed by atoms with Crippen molar-refractivity contribution in [2.24, 2.45) is 11.3 Å². The molecule has 4 nitrogen and oxygen atoms in total. The molecule has 0 aromatic heterocycles. The Morgan fingerprint density at radius 2 is 1.69 bits per heavy atom. The fourth-order valence-electron chi connectivity index (χ4n) is 5.77. The van der Waals surface area contributed by atoms with Gasteiger partial charge in [-0.3, -0.25) is 14.4 Å². The van der Waals surface area contributed by atoms with Crippen LogP contribution in [0.3, 0.4) is 0 Å². The highest BCUT2D eigenvalue weighted by Crippen LogP contribution is 2.47. The zero-order valence-electron chi connectivity index (χ0n) is 22.7. The van der Waals surface area contributed by atoms with Crippen LogP contribution in [0, 0.1) is 18.3 Å². The van der Waals surface area contributed by atoms with Crippen LogP contribution >= 0.6 is 0 Å². The highest BCUT2D eigenvalue weighted by molar-refractivity contribution is 5.97. The average molecular weight is 491 g/mol. The van der Waals surface area contributed by atoms with Crippen molar-refractivity contribution < 1.29 is 19.1 Å². The lowest BCUT2D eigenvalue weighted by Crippen LogP contribution is -2.40. The van der Waals surface area contributed by atoms with Crippen LogP contribution in [0.15, 0.2) is 42.5 Å². The molecule has 0 aliphatic heterocycles. The Labute approximate surface area is 216 Å². The van der Waals surface area contributed by atoms with E-state index in [1.54, 1.807) is 13.8 Å². The molecular weight excluding hydrogens is 448 g/mol. The molecule has 2 aromatic carbocycles. The Morgan fingerprint density at radius 1 is 1.00 bits per heavy atom. The Kier molecular flexibility index (Phi) is 9.64. The lowest BCUT2D eigenvalue weighted by Gasteiger charge is -2.40. The van der Waals surface area contributed by atoms with E-state index in [0.717, 1.165) is 56.1 Å². The summed E-state index contributed by atoms with van der Waals surface area (Å²) in [4.78, 5) is 38.4. The van der Waals surface area contributed by atoms with Crippen molar-refractivity contribution in [3.05, 3.63) is 64.7 Å². The molecule has 1 fully saturated rings. The number of carbonyl (C=O) groups excluding carboxylic acids is 3. The second kappa shape index (κ2) is 12.5. The van der Waals surface area contributed by atoms with E-state index >= 15 is 0 Å². The summed E-state index contributed by atoms with van der Waals surface area (Å²) in [5.41, 5.74) is 3.43. The maximum atomic E-state index is 13.8. The number of unbranched alkanes of at least 4 members (excludes halogenated alkanes) is 1. The van der Waals surface area contributed by atoms with Crippen molar-refractivity contribution in [1.29, 1.82) is 0 Å². The van der Waals surface area contributed by atoms with Crippen LogP contribution in [0.25, 0.3) is 0 Å². The van der Waals surface area contributed by atoms with Crippen molar-refractivity contribution in [3.63, 3.8) is 0 Å². The van der Waals surface area contributed by atoms with E-state index in [1.807, 2.05) is 32.0 Å². The standard InChI is InChI=1S/C32H42O4/c1-6-36-31-23(3)27(17-18-29(31)24(4)33)22(2)28(16-11-10-15-26-13-8-7-9-14-26)30(35)21-32(25(5)34)19-12-20-32/h7-9,13-14,17-18,22,28H,6,10-12,15-16,19-21H2,1-5H3. The number of Topliss-reactive ketones (excluding diaryl/α,β-unsaturated/α-hetero) is 3. The third-order valence-electron chi connectivity index (χ3n) is 8.27. The van der Waals surface area contributed by atoms with Gasteiger partial charge >= 0.3 is 0 Å². The second-order valence-electron chi connectivity index (χ2n) is 10.6. The van der Waals surface area contributed by atoms with Gasteiger partial charge in [-0.25, -0.2) is 0 Å². The lowest BCUT2D eigenvalue weighted by molar-refractivity contribution is -0.139. The summed E-state index contributed by atoms with van der Waals surface area (Å²) in [6.45, 7) is 9.69. The topological polar surface area (TPSA) is 60.4 Å². The quantitative estimate of drug-likeness (QED) is 0.204. The molecule has 1 aliphatic rings. The van der Waals surface area contributed by atoms with E-state index in [2.05, 4.69) is 31.2 Å². The van der Waals surface area contributed by atoms with Gasteiger partial charge in [-0.2, -0.15) is 0 Å². The summed E-state index contributed by atoms with van der Waals surface area (Å²) in [5.74, 6) is 0.752. The number of hydrogen-bond donors (Lipinski definition) is 0. The molecule has 4 heteroatoms. The van der Waals surface area contributed by atoms with Crippen LogP contribution in [0.1, 0.15) is 106 Å². The maximum Gasteiger partial charge on any atom is 0.163 e. The molecule has 0 amide bonds. The van der Waals surface area contributed by atoms with E-state index in [4.69, 9.17) is 4.74 Å². The van der Waals surface area contributed by atoms with Gasteiger partial charge < -0.3 is 4.74 Å². The SMILES string of the molecule is CCOc1c(C(C)=O)ccc(C(C)C(CCCCc2ccccc2)C(=O)CC2(C(C)=O)CCC2)c1C. The molecule has 194 valence electrons. The lowest BCUT2D eigenvalue weighted by atomic mass is 9.62. The number of ketones is 3. The summed E-state index contributed by atoms with van der Waals surface area (Å²) in [5, 5.41) is 0. The van der Waals surface area contributed by atoms with Gasteiger partial charge in [0.05, 0.1) is 12.2 Å². The Bertz CT molecular complexity index is 1070. The minimum absolute atomic E-state index is 0.0253. The van der Waals surface area contributed by atoms with Crippen molar-refractivity contribution in [3.8, 4) is 5.75 Å². The molecule has 0 heterocycles. The van der Waals surface area contributed by atoms with Crippen molar-refractivity contribution in [2.45, 2.75) is 91.9 Å². The monoisotopic (exact) mass is 490 g/mol. The predicted octanol–water partition coefficient (Wildman–Crippen LogP) is 7.45. The summed E-state index contributed by atoms with van der Waals surface area (Å²) in [6.07, 6.45) is 6.77. The molecule has 0 saturated heterocycles. The molecule has 0 radical (unpaired) electrons. The van der Waals surface area contributed by atoms with Crippen LogP contribution in [0.5, 0.6) is 5.75 Å². The van der Waals surface area contributed by atoms with Gasteiger partial charge in [-0.05, 0) is 88.5 Å². The Hall–Kier alpha value is -2.75. The zero-order valence-corrected chi connectivity index (χ0v) is 22.7. The molecule has 3 rings (SSSR count). The fraction of sp³-hybridized carbons (Fsp3) is 0.531. The highest BCUT2D eigenvalue weighted by Gasteiger charge is 2.44. The molecule has 2 unspecified atom stereocenters. The number of benzene rings is 2. The van der Waals surface area contributed by atoms with Gasteiger partial charge in [0.25, 0.3) is 0 Å². The van der Waals surface area contributed by atoms with Crippen molar-refractivity contribution in [2.75, 3.05) is 6.61 Å². The number of aryl methyl sites for hydroxylation is 1. The average Bonchev–Trinajstić information content (AvgIpc) is 2.82. The van der Waals surface area contributed by atoms with Crippen molar-refractivity contribution >= 4 is 17.3 Å².